The van der Waals surface area contributed by atoms with Crippen molar-refractivity contribution in [3.8, 4) is 5.88 Å². The number of para-hydroxylation sites is 1. The van der Waals surface area contributed by atoms with Gasteiger partial charge in [-0.25, -0.2) is 0 Å². The van der Waals surface area contributed by atoms with Crippen LogP contribution < -0.4 is 10.2 Å². The lowest BCUT2D eigenvalue weighted by molar-refractivity contribution is -0.132. The SMILES string of the molecule is CC(=O)Oc1cc(=O)c2ccccc2[nH]1. The van der Waals surface area contributed by atoms with Crippen molar-refractivity contribution in [2.75, 3.05) is 0 Å². The van der Waals surface area contributed by atoms with Crippen molar-refractivity contribution < 1.29 is 9.53 Å². The van der Waals surface area contributed by atoms with Gasteiger partial charge in [0, 0.05) is 18.4 Å². The van der Waals surface area contributed by atoms with Crippen LogP contribution in [0.4, 0.5) is 0 Å². The molecule has 76 valence electrons. The molecule has 0 saturated carbocycles. The molecule has 1 N–H and O–H groups in total. The second-order valence-corrected chi connectivity index (χ2v) is 3.14. The second-order valence-electron chi connectivity index (χ2n) is 3.14. The van der Waals surface area contributed by atoms with Crippen LogP contribution in [-0.4, -0.2) is 11.0 Å². The van der Waals surface area contributed by atoms with Gasteiger partial charge in [-0.3, -0.25) is 9.59 Å². The van der Waals surface area contributed by atoms with Crippen LogP contribution in [0, 0.1) is 0 Å². The number of esters is 1. The molecule has 0 aliphatic heterocycles. The van der Waals surface area contributed by atoms with Crippen LogP contribution in [0.5, 0.6) is 5.88 Å². The number of hydrogen-bond donors (Lipinski definition) is 1. The maximum atomic E-state index is 11.6. The number of carbonyl (C=O) groups is 1. The van der Waals surface area contributed by atoms with Crippen molar-refractivity contribution >= 4 is 16.9 Å². The largest absolute Gasteiger partial charge is 0.410 e. The van der Waals surface area contributed by atoms with Gasteiger partial charge in [0.25, 0.3) is 0 Å². The third-order valence-electron chi connectivity index (χ3n) is 1.97. The summed E-state index contributed by atoms with van der Waals surface area (Å²) in [6.07, 6.45) is 0. The summed E-state index contributed by atoms with van der Waals surface area (Å²) < 4.78 is 4.81. The van der Waals surface area contributed by atoms with Crippen LogP contribution >= 0.6 is 0 Å². The Morgan fingerprint density at radius 1 is 1.33 bits per heavy atom. The second kappa shape index (κ2) is 3.57. The zero-order valence-electron chi connectivity index (χ0n) is 8.11. The summed E-state index contributed by atoms with van der Waals surface area (Å²) in [5.74, 6) is -0.285. The maximum Gasteiger partial charge on any atom is 0.309 e. The highest BCUT2D eigenvalue weighted by molar-refractivity contribution is 5.79. The van der Waals surface area contributed by atoms with Gasteiger partial charge in [0.05, 0.1) is 5.52 Å². The quantitative estimate of drug-likeness (QED) is 0.713. The number of carbonyl (C=O) groups excluding carboxylic acids is 1. The van der Waals surface area contributed by atoms with E-state index in [1.165, 1.54) is 13.0 Å². The molecule has 0 unspecified atom stereocenters. The van der Waals surface area contributed by atoms with E-state index in [9.17, 15) is 9.59 Å². The number of fused-ring (bicyclic) bond motifs is 1. The lowest BCUT2D eigenvalue weighted by Gasteiger charge is -2.02. The number of ether oxygens (including phenoxy) is 1. The van der Waals surface area contributed by atoms with Crippen molar-refractivity contribution in [1.82, 2.24) is 4.98 Å². The molecule has 0 spiro atoms. The summed E-state index contributed by atoms with van der Waals surface area (Å²) >= 11 is 0. The van der Waals surface area contributed by atoms with Gasteiger partial charge in [-0.15, -0.1) is 0 Å². The van der Waals surface area contributed by atoms with E-state index in [1.54, 1.807) is 24.3 Å². The molecule has 0 aliphatic rings. The molecule has 4 heteroatoms. The van der Waals surface area contributed by atoms with Crippen LogP contribution in [0.3, 0.4) is 0 Å². The summed E-state index contributed by atoms with van der Waals surface area (Å²) in [5.41, 5.74) is 0.488. The Morgan fingerprint density at radius 3 is 2.80 bits per heavy atom. The minimum atomic E-state index is -0.457. The van der Waals surface area contributed by atoms with Gasteiger partial charge in [-0.05, 0) is 12.1 Å². The highest BCUT2D eigenvalue weighted by Gasteiger charge is 2.03. The Labute approximate surface area is 85.5 Å². The average Bonchev–Trinajstić information content (AvgIpc) is 2.16. The Hall–Kier alpha value is -2.10. The zero-order valence-corrected chi connectivity index (χ0v) is 8.11. The molecule has 0 saturated heterocycles. The van der Waals surface area contributed by atoms with Gasteiger partial charge in [-0.1, -0.05) is 12.1 Å². The van der Waals surface area contributed by atoms with Gasteiger partial charge in [0.15, 0.2) is 5.43 Å². The van der Waals surface area contributed by atoms with Crippen LogP contribution in [-0.2, 0) is 4.79 Å². The standard InChI is InChI=1S/C11H9NO3/c1-7(13)15-11-6-10(14)8-4-2-3-5-9(8)12-11/h2-6H,1H3,(H,12,14). The first kappa shape index (κ1) is 9.45. The Balaban J connectivity index is 2.62. The molecule has 15 heavy (non-hydrogen) atoms. The molecule has 0 bridgehead atoms. The van der Waals surface area contributed by atoms with Gasteiger partial charge in [0.2, 0.25) is 5.88 Å². The number of rotatable bonds is 1. The van der Waals surface area contributed by atoms with E-state index >= 15 is 0 Å². The van der Waals surface area contributed by atoms with E-state index in [0.717, 1.165) is 0 Å². The predicted molar refractivity (Wildman–Crippen MR) is 55.9 cm³/mol. The fourth-order valence-electron chi connectivity index (χ4n) is 1.38. The molecule has 0 fully saturated rings. The lowest BCUT2D eigenvalue weighted by atomic mass is 10.2. The van der Waals surface area contributed by atoms with Crippen molar-refractivity contribution in [2.45, 2.75) is 6.92 Å². The number of aromatic nitrogens is 1. The smallest absolute Gasteiger partial charge is 0.309 e. The van der Waals surface area contributed by atoms with Crippen LogP contribution in [0.1, 0.15) is 6.92 Å². The first-order valence-corrected chi connectivity index (χ1v) is 4.47. The summed E-state index contributed by atoms with van der Waals surface area (Å²) in [6, 6.07) is 8.32. The highest BCUT2D eigenvalue weighted by atomic mass is 16.5. The number of H-pyrrole nitrogens is 1. The van der Waals surface area contributed by atoms with E-state index in [2.05, 4.69) is 4.98 Å². The molecule has 0 amide bonds. The van der Waals surface area contributed by atoms with E-state index in [1.807, 2.05) is 0 Å². The van der Waals surface area contributed by atoms with Gasteiger partial charge >= 0.3 is 5.97 Å². The topological polar surface area (TPSA) is 59.2 Å². The van der Waals surface area contributed by atoms with E-state index in [-0.39, 0.29) is 11.3 Å². The summed E-state index contributed by atoms with van der Waals surface area (Å²) in [7, 11) is 0. The number of aromatic amines is 1. The van der Waals surface area contributed by atoms with E-state index in [4.69, 9.17) is 4.74 Å². The average molecular weight is 203 g/mol. The Bertz CT molecular complexity index is 571. The van der Waals surface area contributed by atoms with Crippen LogP contribution in [0.2, 0.25) is 0 Å². The van der Waals surface area contributed by atoms with Crippen molar-refractivity contribution in [3.63, 3.8) is 0 Å². The maximum absolute atomic E-state index is 11.6. The predicted octanol–water partition coefficient (Wildman–Crippen LogP) is 1.45. The minimum Gasteiger partial charge on any atom is -0.410 e. The molecule has 1 aromatic carbocycles. The fraction of sp³-hybridized carbons (Fsp3) is 0.0909. The number of nitrogens with one attached hydrogen (secondary N) is 1. The highest BCUT2D eigenvalue weighted by Crippen LogP contribution is 2.11. The molecule has 1 aromatic heterocycles. The Kier molecular flexibility index (Phi) is 2.25. The van der Waals surface area contributed by atoms with E-state index < -0.39 is 5.97 Å². The molecule has 0 aliphatic carbocycles. The number of pyridine rings is 1. The fourth-order valence-corrected chi connectivity index (χ4v) is 1.38. The molecule has 0 atom stereocenters. The summed E-state index contributed by atoms with van der Waals surface area (Å²) in [5, 5.41) is 0.577. The minimum absolute atomic E-state index is 0.166. The van der Waals surface area contributed by atoms with Crippen molar-refractivity contribution in [2.24, 2.45) is 0 Å². The van der Waals surface area contributed by atoms with Crippen molar-refractivity contribution in [1.29, 1.82) is 0 Å². The van der Waals surface area contributed by atoms with Gasteiger partial charge in [0.1, 0.15) is 0 Å². The first-order valence-electron chi connectivity index (χ1n) is 4.47. The summed E-state index contributed by atoms with van der Waals surface area (Å²) in [4.78, 5) is 25.1. The number of hydrogen-bond acceptors (Lipinski definition) is 3. The molecular formula is C11H9NO3. The molecular weight excluding hydrogens is 194 g/mol. The zero-order chi connectivity index (χ0) is 10.8. The lowest BCUT2D eigenvalue weighted by Crippen LogP contribution is -2.08. The molecule has 4 nitrogen and oxygen atoms in total. The number of benzene rings is 1. The first-order chi connectivity index (χ1) is 7.16. The molecule has 0 radical (unpaired) electrons. The summed E-state index contributed by atoms with van der Waals surface area (Å²) in [6.45, 7) is 1.29. The van der Waals surface area contributed by atoms with Crippen molar-refractivity contribution in [3.05, 3.63) is 40.6 Å². The van der Waals surface area contributed by atoms with Gasteiger partial charge in [-0.2, -0.15) is 0 Å². The monoisotopic (exact) mass is 203 g/mol. The molecule has 1 heterocycles. The van der Waals surface area contributed by atoms with E-state index in [0.29, 0.717) is 10.9 Å². The normalized spacial score (nSPS) is 10.2. The van der Waals surface area contributed by atoms with Gasteiger partial charge < -0.3 is 9.72 Å². The molecule has 2 aromatic rings. The molecule has 2 rings (SSSR count). The van der Waals surface area contributed by atoms with Crippen LogP contribution in [0.15, 0.2) is 35.1 Å². The third kappa shape index (κ3) is 1.88. The Morgan fingerprint density at radius 2 is 2.07 bits per heavy atom. The third-order valence-corrected chi connectivity index (χ3v) is 1.97. The van der Waals surface area contributed by atoms with Crippen LogP contribution in [0.25, 0.3) is 10.9 Å².